The number of benzene rings is 1. The third-order valence-corrected chi connectivity index (χ3v) is 3.74. The molecule has 1 aromatic heterocycles. The number of hydrogen-bond donors (Lipinski definition) is 1. The lowest BCUT2D eigenvalue weighted by Crippen LogP contribution is -2.17. The van der Waals surface area contributed by atoms with E-state index in [0.29, 0.717) is 5.92 Å². The van der Waals surface area contributed by atoms with Crippen molar-refractivity contribution in [3.05, 3.63) is 63.9 Å². The summed E-state index contributed by atoms with van der Waals surface area (Å²) in [6, 6.07) is 11.2. The van der Waals surface area contributed by atoms with Crippen molar-refractivity contribution in [1.82, 2.24) is 10.3 Å². The molecule has 0 amide bonds. The van der Waals surface area contributed by atoms with Crippen LogP contribution >= 0.6 is 15.9 Å². The number of hydrogen-bond acceptors (Lipinski definition) is 2. The molecule has 0 saturated carbocycles. The SMILES string of the molecule is CNC(c1ccc(CC(C)C)cc1)c1cncc(Br)c1. The smallest absolute Gasteiger partial charge is 0.0589 e. The van der Waals surface area contributed by atoms with Gasteiger partial charge < -0.3 is 5.32 Å². The second-order valence-corrected chi connectivity index (χ2v) is 6.41. The Kier molecular flexibility index (Phi) is 5.32. The molecular formula is C17H21BrN2. The largest absolute Gasteiger partial charge is 0.309 e. The zero-order valence-corrected chi connectivity index (χ0v) is 13.8. The van der Waals surface area contributed by atoms with E-state index < -0.39 is 0 Å². The van der Waals surface area contributed by atoms with Crippen LogP contribution in [0.4, 0.5) is 0 Å². The van der Waals surface area contributed by atoms with E-state index in [4.69, 9.17) is 0 Å². The van der Waals surface area contributed by atoms with Crippen molar-refractivity contribution >= 4 is 15.9 Å². The first kappa shape index (κ1) is 15.2. The highest BCUT2D eigenvalue weighted by Gasteiger charge is 2.12. The average Bonchev–Trinajstić information content (AvgIpc) is 2.41. The topological polar surface area (TPSA) is 24.9 Å². The molecule has 2 aromatic rings. The monoisotopic (exact) mass is 332 g/mol. The van der Waals surface area contributed by atoms with Gasteiger partial charge in [0.1, 0.15) is 0 Å². The van der Waals surface area contributed by atoms with E-state index >= 15 is 0 Å². The molecule has 0 fully saturated rings. The molecule has 3 heteroatoms. The summed E-state index contributed by atoms with van der Waals surface area (Å²) in [5.74, 6) is 0.690. The minimum atomic E-state index is 0.174. The third-order valence-electron chi connectivity index (χ3n) is 3.31. The van der Waals surface area contributed by atoms with Gasteiger partial charge in [0.2, 0.25) is 0 Å². The van der Waals surface area contributed by atoms with Crippen LogP contribution in [-0.4, -0.2) is 12.0 Å². The van der Waals surface area contributed by atoms with Crippen LogP contribution < -0.4 is 5.32 Å². The van der Waals surface area contributed by atoms with Crippen LogP contribution in [0, 0.1) is 5.92 Å². The van der Waals surface area contributed by atoms with Gasteiger partial charge in [0.25, 0.3) is 0 Å². The average molecular weight is 333 g/mol. The van der Waals surface area contributed by atoms with Crippen molar-refractivity contribution in [2.24, 2.45) is 5.92 Å². The zero-order valence-electron chi connectivity index (χ0n) is 12.2. The molecule has 0 saturated heterocycles. The normalized spacial score (nSPS) is 12.7. The third kappa shape index (κ3) is 3.90. The van der Waals surface area contributed by atoms with Crippen molar-refractivity contribution in [2.45, 2.75) is 26.3 Å². The quantitative estimate of drug-likeness (QED) is 0.880. The summed E-state index contributed by atoms with van der Waals surface area (Å²) in [7, 11) is 1.98. The van der Waals surface area contributed by atoms with Gasteiger partial charge >= 0.3 is 0 Å². The maximum absolute atomic E-state index is 4.25. The molecule has 0 radical (unpaired) electrons. The highest BCUT2D eigenvalue weighted by atomic mass is 79.9. The molecule has 1 aromatic carbocycles. The molecule has 1 N–H and O–H groups in total. The zero-order chi connectivity index (χ0) is 14.5. The molecule has 0 aliphatic heterocycles. The molecule has 0 spiro atoms. The second kappa shape index (κ2) is 7.00. The van der Waals surface area contributed by atoms with E-state index in [2.05, 4.69) is 70.4 Å². The molecule has 106 valence electrons. The summed E-state index contributed by atoms with van der Waals surface area (Å²) in [6.07, 6.45) is 4.85. The summed E-state index contributed by atoms with van der Waals surface area (Å²) in [5.41, 5.74) is 3.82. The Hall–Kier alpha value is -1.19. The van der Waals surface area contributed by atoms with Crippen molar-refractivity contribution in [1.29, 1.82) is 0 Å². The Morgan fingerprint density at radius 2 is 1.80 bits per heavy atom. The van der Waals surface area contributed by atoms with Crippen LogP contribution in [0.1, 0.15) is 36.6 Å². The van der Waals surface area contributed by atoms with Gasteiger partial charge in [-0.05, 0) is 58.1 Å². The molecule has 1 unspecified atom stereocenters. The van der Waals surface area contributed by atoms with E-state index in [-0.39, 0.29) is 6.04 Å². The Balaban J connectivity index is 2.23. The lowest BCUT2D eigenvalue weighted by molar-refractivity contribution is 0.645. The summed E-state index contributed by atoms with van der Waals surface area (Å²) in [4.78, 5) is 4.25. The lowest BCUT2D eigenvalue weighted by Gasteiger charge is -2.17. The van der Waals surface area contributed by atoms with Gasteiger partial charge in [0.05, 0.1) is 6.04 Å². The van der Waals surface area contributed by atoms with Crippen LogP contribution in [0.5, 0.6) is 0 Å². The van der Waals surface area contributed by atoms with E-state index in [1.54, 1.807) is 0 Å². The fraction of sp³-hybridized carbons (Fsp3) is 0.353. The first-order chi connectivity index (χ1) is 9.60. The fourth-order valence-electron chi connectivity index (χ4n) is 2.43. The first-order valence-corrected chi connectivity index (χ1v) is 7.76. The highest BCUT2D eigenvalue weighted by molar-refractivity contribution is 9.10. The Labute approximate surface area is 129 Å². The molecular weight excluding hydrogens is 312 g/mol. The second-order valence-electron chi connectivity index (χ2n) is 5.50. The molecule has 1 heterocycles. The predicted molar refractivity (Wildman–Crippen MR) is 87.8 cm³/mol. The predicted octanol–water partition coefficient (Wildman–Crippen LogP) is 4.35. The minimum Gasteiger partial charge on any atom is -0.309 e. The molecule has 0 bridgehead atoms. The minimum absolute atomic E-state index is 0.174. The van der Waals surface area contributed by atoms with Gasteiger partial charge in [-0.1, -0.05) is 38.1 Å². The molecule has 2 nitrogen and oxygen atoms in total. The Morgan fingerprint density at radius 1 is 1.10 bits per heavy atom. The fourth-order valence-corrected chi connectivity index (χ4v) is 2.81. The molecule has 1 atom stereocenters. The van der Waals surface area contributed by atoms with E-state index in [9.17, 15) is 0 Å². The summed E-state index contributed by atoms with van der Waals surface area (Å²) >= 11 is 3.48. The molecule has 20 heavy (non-hydrogen) atoms. The van der Waals surface area contributed by atoms with Crippen molar-refractivity contribution in [2.75, 3.05) is 7.05 Å². The maximum Gasteiger partial charge on any atom is 0.0589 e. The van der Waals surface area contributed by atoms with Crippen molar-refractivity contribution in [3.8, 4) is 0 Å². The highest BCUT2D eigenvalue weighted by Crippen LogP contribution is 2.24. The molecule has 0 aliphatic carbocycles. The van der Waals surface area contributed by atoms with Gasteiger partial charge in [0, 0.05) is 16.9 Å². The van der Waals surface area contributed by atoms with Crippen LogP contribution in [0.3, 0.4) is 0 Å². The van der Waals surface area contributed by atoms with Crippen LogP contribution in [0.25, 0.3) is 0 Å². The number of aromatic nitrogens is 1. The number of nitrogens with one attached hydrogen (secondary N) is 1. The van der Waals surface area contributed by atoms with E-state index in [1.807, 2.05) is 19.4 Å². The summed E-state index contributed by atoms with van der Waals surface area (Å²) in [6.45, 7) is 4.49. The summed E-state index contributed by atoms with van der Waals surface area (Å²) < 4.78 is 1.01. The maximum atomic E-state index is 4.25. The lowest BCUT2D eigenvalue weighted by atomic mass is 9.96. The molecule has 2 rings (SSSR count). The number of halogens is 1. The summed E-state index contributed by atoms with van der Waals surface area (Å²) in [5, 5.41) is 3.36. The van der Waals surface area contributed by atoms with Crippen LogP contribution in [0.2, 0.25) is 0 Å². The Bertz CT molecular complexity index is 549. The van der Waals surface area contributed by atoms with Gasteiger partial charge in [0.15, 0.2) is 0 Å². The van der Waals surface area contributed by atoms with Gasteiger partial charge in [-0.15, -0.1) is 0 Å². The van der Waals surface area contributed by atoms with Crippen LogP contribution in [-0.2, 0) is 6.42 Å². The first-order valence-electron chi connectivity index (χ1n) is 6.96. The van der Waals surface area contributed by atoms with Gasteiger partial charge in [-0.2, -0.15) is 0 Å². The number of nitrogens with zero attached hydrogens (tertiary/aromatic N) is 1. The molecule has 0 aliphatic rings. The number of rotatable bonds is 5. The van der Waals surface area contributed by atoms with Gasteiger partial charge in [-0.3, -0.25) is 4.98 Å². The van der Waals surface area contributed by atoms with E-state index in [1.165, 1.54) is 16.7 Å². The van der Waals surface area contributed by atoms with Crippen molar-refractivity contribution < 1.29 is 0 Å². The van der Waals surface area contributed by atoms with Crippen LogP contribution in [0.15, 0.2) is 47.2 Å². The standard InChI is InChI=1S/C17H21BrN2/c1-12(2)8-13-4-6-14(7-5-13)17(19-3)15-9-16(18)11-20-10-15/h4-7,9-12,17,19H,8H2,1-3H3. The Morgan fingerprint density at radius 3 is 2.35 bits per heavy atom. The number of pyridine rings is 1. The van der Waals surface area contributed by atoms with Crippen molar-refractivity contribution in [3.63, 3.8) is 0 Å². The van der Waals surface area contributed by atoms with Gasteiger partial charge in [-0.25, -0.2) is 0 Å². The van der Waals surface area contributed by atoms with E-state index in [0.717, 1.165) is 10.9 Å².